The van der Waals surface area contributed by atoms with Crippen LogP contribution in [-0.4, -0.2) is 69.2 Å². The largest absolute Gasteiger partial charge is 0.478 e. The molecule has 132 valence electrons. The first-order valence-corrected chi connectivity index (χ1v) is 8.17. The van der Waals surface area contributed by atoms with Crippen LogP contribution in [0.3, 0.4) is 0 Å². The highest BCUT2D eigenvalue weighted by Crippen LogP contribution is 2.13. The van der Waals surface area contributed by atoms with Crippen molar-refractivity contribution >= 4 is 11.9 Å². The summed E-state index contributed by atoms with van der Waals surface area (Å²) in [6, 6.07) is 8.44. The number of amides is 1. The number of rotatable bonds is 4. The maximum atomic E-state index is 12.4. The van der Waals surface area contributed by atoms with E-state index in [1.165, 1.54) is 0 Å². The Labute approximate surface area is 145 Å². The maximum Gasteiger partial charge on any atom is 0.335 e. The third-order valence-electron chi connectivity index (χ3n) is 4.33. The van der Waals surface area contributed by atoms with Gasteiger partial charge in [0.15, 0.2) is 0 Å². The number of aromatic nitrogens is 1. The predicted octanol–water partition coefficient (Wildman–Crippen LogP) is 1.03. The second kappa shape index (κ2) is 7.50. The number of aromatic carboxylic acids is 1. The van der Waals surface area contributed by atoms with Crippen molar-refractivity contribution in [2.24, 2.45) is 0 Å². The molecule has 1 atom stereocenters. The number of carboxylic acids is 1. The zero-order valence-corrected chi connectivity index (χ0v) is 13.8. The molecule has 25 heavy (non-hydrogen) atoms. The molecule has 1 unspecified atom stereocenters. The molecule has 0 bridgehead atoms. The number of carbonyl (C=O) groups is 2. The van der Waals surface area contributed by atoms with Crippen LogP contribution in [0.1, 0.15) is 26.3 Å². The summed E-state index contributed by atoms with van der Waals surface area (Å²) in [5.41, 5.74) is 1.82. The van der Waals surface area contributed by atoms with Gasteiger partial charge in [-0.3, -0.25) is 9.69 Å². The molecule has 1 amide bonds. The van der Waals surface area contributed by atoms with Crippen molar-refractivity contribution in [3.05, 3.63) is 59.4 Å². The van der Waals surface area contributed by atoms with Gasteiger partial charge in [0.1, 0.15) is 0 Å². The number of aliphatic hydroxyl groups is 1. The summed E-state index contributed by atoms with van der Waals surface area (Å²) >= 11 is 0. The summed E-state index contributed by atoms with van der Waals surface area (Å²) in [5.74, 6) is -1.04. The van der Waals surface area contributed by atoms with Gasteiger partial charge in [0.2, 0.25) is 0 Å². The number of H-pyrrole nitrogens is 1. The van der Waals surface area contributed by atoms with Crippen LogP contribution in [0.4, 0.5) is 0 Å². The van der Waals surface area contributed by atoms with Crippen LogP contribution in [-0.2, 0) is 6.54 Å². The van der Waals surface area contributed by atoms with Gasteiger partial charge in [0.25, 0.3) is 5.91 Å². The van der Waals surface area contributed by atoms with E-state index in [2.05, 4.69) is 9.88 Å². The van der Waals surface area contributed by atoms with Gasteiger partial charge in [0.05, 0.1) is 17.2 Å². The standard InChI is InChI=1S/C18H21N3O4/c22-16-11-20(10-13-1-3-14(4-2-13)18(24)25)7-8-21(12-16)17(23)15-5-6-19-9-15/h1-6,9,16,19,22H,7-8,10-12H2,(H,24,25). The number of carbonyl (C=O) groups excluding carboxylic acids is 1. The van der Waals surface area contributed by atoms with E-state index in [0.717, 1.165) is 5.56 Å². The Morgan fingerprint density at radius 3 is 2.48 bits per heavy atom. The van der Waals surface area contributed by atoms with E-state index in [0.29, 0.717) is 38.3 Å². The lowest BCUT2D eigenvalue weighted by Crippen LogP contribution is -2.37. The summed E-state index contributed by atoms with van der Waals surface area (Å²) < 4.78 is 0. The number of carboxylic acid groups (broad SMARTS) is 1. The molecule has 1 fully saturated rings. The number of benzene rings is 1. The number of aliphatic hydroxyl groups excluding tert-OH is 1. The van der Waals surface area contributed by atoms with Crippen LogP contribution >= 0.6 is 0 Å². The zero-order chi connectivity index (χ0) is 17.8. The fourth-order valence-electron chi connectivity index (χ4n) is 3.03. The third-order valence-corrected chi connectivity index (χ3v) is 4.33. The van der Waals surface area contributed by atoms with Crippen molar-refractivity contribution in [1.29, 1.82) is 0 Å². The van der Waals surface area contributed by atoms with Gasteiger partial charge < -0.3 is 20.1 Å². The minimum absolute atomic E-state index is 0.0899. The van der Waals surface area contributed by atoms with Crippen LogP contribution in [0, 0.1) is 0 Å². The van der Waals surface area contributed by atoms with Crippen LogP contribution in [0.15, 0.2) is 42.7 Å². The van der Waals surface area contributed by atoms with Gasteiger partial charge in [-0.15, -0.1) is 0 Å². The van der Waals surface area contributed by atoms with E-state index >= 15 is 0 Å². The normalized spacial score (nSPS) is 18.8. The Balaban J connectivity index is 1.63. The summed E-state index contributed by atoms with van der Waals surface area (Å²) in [4.78, 5) is 30.0. The molecule has 1 aromatic carbocycles. The number of hydrogen-bond acceptors (Lipinski definition) is 4. The molecular formula is C18H21N3O4. The Hall–Kier alpha value is -2.64. The molecule has 1 aliphatic rings. The Morgan fingerprint density at radius 1 is 1.08 bits per heavy atom. The number of hydrogen-bond donors (Lipinski definition) is 3. The Kier molecular flexibility index (Phi) is 5.16. The van der Waals surface area contributed by atoms with Gasteiger partial charge in [-0.1, -0.05) is 12.1 Å². The number of nitrogens with one attached hydrogen (secondary N) is 1. The minimum Gasteiger partial charge on any atom is -0.478 e. The lowest BCUT2D eigenvalue weighted by Gasteiger charge is -2.21. The molecule has 0 radical (unpaired) electrons. The Morgan fingerprint density at radius 2 is 1.84 bits per heavy atom. The minimum atomic E-state index is -0.948. The van der Waals surface area contributed by atoms with Crippen molar-refractivity contribution < 1.29 is 19.8 Å². The van der Waals surface area contributed by atoms with Gasteiger partial charge in [0, 0.05) is 45.1 Å². The van der Waals surface area contributed by atoms with Crippen LogP contribution < -0.4 is 0 Å². The second-order valence-corrected chi connectivity index (χ2v) is 6.24. The van der Waals surface area contributed by atoms with E-state index in [1.807, 2.05) is 0 Å². The molecule has 0 saturated carbocycles. The van der Waals surface area contributed by atoms with Crippen LogP contribution in [0.2, 0.25) is 0 Å². The van der Waals surface area contributed by atoms with E-state index in [4.69, 9.17) is 5.11 Å². The first-order chi connectivity index (χ1) is 12.0. The van der Waals surface area contributed by atoms with Crippen LogP contribution in [0.5, 0.6) is 0 Å². The predicted molar refractivity (Wildman–Crippen MR) is 91.4 cm³/mol. The van der Waals surface area contributed by atoms with Crippen molar-refractivity contribution in [2.75, 3.05) is 26.2 Å². The number of β-amino-alcohol motifs (C(OH)–C–C–N with tert-alkyl or cyclic N) is 1. The summed E-state index contributed by atoms with van der Waals surface area (Å²) in [6.07, 6.45) is 2.74. The molecule has 0 spiro atoms. The summed E-state index contributed by atoms with van der Waals surface area (Å²) in [7, 11) is 0. The zero-order valence-electron chi connectivity index (χ0n) is 13.8. The molecule has 1 saturated heterocycles. The van der Waals surface area contributed by atoms with E-state index in [9.17, 15) is 14.7 Å². The van der Waals surface area contributed by atoms with Gasteiger partial charge in [-0.2, -0.15) is 0 Å². The van der Waals surface area contributed by atoms with Crippen LogP contribution in [0.25, 0.3) is 0 Å². The molecule has 2 aromatic rings. The smallest absolute Gasteiger partial charge is 0.335 e. The molecule has 1 aliphatic heterocycles. The highest BCUT2D eigenvalue weighted by atomic mass is 16.4. The van der Waals surface area contributed by atoms with Gasteiger partial charge >= 0.3 is 5.97 Å². The fraction of sp³-hybridized carbons (Fsp3) is 0.333. The average molecular weight is 343 g/mol. The molecule has 2 heterocycles. The van der Waals surface area contributed by atoms with Crippen molar-refractivity contribution in [1.82, 2.24) is 14.8 Å². The number of nitrogens with zero attached hydrogens (tertiary/aromatic N) is 2. The second-order valence-electron chi connectivity index (χ2n) is 6.24. The molecule has 7 heteroatoms. The summed E-state index contributed by atoms with van der Waals surface area (Å²) in [5, 5.41) is 19.2. The Bertz CT molecular complexity index is 727. The average Bonchev–Trinajstić information content (AvgIpc) is 3.06. The molecule has 7 nitrogen and oxygen atoms in total. The van der Waals surface area contributed by atoms with Crippen molar-refractivity contribution in [3.63, 3.8) is 0 Å². The van der Waals surface area contributed by atoms with Gasteiger partial charge in [-0.05, 0) is 23.8 Å². The maximum absolute atomic E-state index is 12.4. The lowest BCUT2D eigenvalue weighted by atomic mass is 10.1. The molecular weight excluding hydrogens is 322 g/mol. The van der Waals surface area contributed by atoms with Gasteiger partial charge in [-0.25, -0.2) is 4.79 Å². The quantitative estimate of drug-likeness (QED) is 0.770. The first kappa shape index (κ1) is 17.2. The SMILES string of the molecule is O=C(O)c1ccc(CN2CCN(C(=O)c3cc[nH]c3)CC(O)C2)cc1. The molecule has 1 aromatic heterocycles. The van der Waals surface area contributed by atoms with E-state index in [-0.39, 0.29) is 11.5 Å². The monoisotopic (exact) mass is 343 g/mol. The summed E-state index contributed by atoms with van der Waals surface area (Å²) in [6.45, 7) is 2.56. The van der Waals surface area contributed by atoms with Crippen molar-refractivity contribution in [2.45, 2.75) is 12.6 Å². The van der Waals surface area contributed by atoms with E-state index < -0.39 is 12.1 Å². The highest BCUT2D eigenvalue weighted by Gasteiger charge is 2.25. The third kappa shape index (κ3) is 4.26. The lowest BCUT2D eigenvalue weighted by molar-refractivity contribution is 0.0662. The van der Waals surface area contributed by atoms with E-state index in [1.54, 1.807) is 47.6 Å². The highest BCUT2D eigenvalue weighted by molar-refractivity contribution is 5.94. The number of aromatic amines is 1. The van der Waals surface area contributed by atoms with Crippen molar-refractivity contribution in [3.8, 4) is 0 Å². The molecule has 0 aliphatic carbocycles. The molecule has 3 rings (SSSR count). The topological polar surface area (TPSA) is 96.9 Å². The fourth-order valence-corrected chi connectivity index (χ4v) is 3.03. The molecule has 3 N–H and O–H groups in total. The first-order valence-electron chi connectivity index (χ1n) is 8.17.